The molecule has 0 aliphatic carbocycles. The average molecular weight is 726 g/mol. The largest absolute Gasteiger partial charge is 0.309 e. The molecule has 266 valence electrons. The highest BCUT2D eigenvalue weighted by molar-refractivity contribution is 6.29. The van der Waals surface area contributed by atoms with Crippen molar-refractivity contribution in [2.45, 2.75) is 0 Å². The van der Waals surface area contributed by atoms with Crippen LogP contribution >= 0.6 is 0 Å². The van der Waals surface area contributed by atoms with Crippen LogP contribution in [0.25, 0.3) is 105 Å². The summed E-state index contributed by atoms with van der Waals surface area (Å²) in [6.45, 7) is 0. The van der Waals surface area contributed by atoms with Crippen molar-refractivity contribution in [2.24, 2.45) is 0 Å². The van der Waals surface area contributed by atoms with E-state index in [-0.39, 0.29) is 0 Å². The van der Waals surface area contributed by atoms with Gasteiger partial charge in [0, 0.05) is 49.3 Å². The first-order chi connectivity index (χ1) is 28.3. The summed E-state index contributed by atoms with van der Waals surface area (Å²) < 4.78 is 7.32. The third-order valence-corrected chi connectivity index (χ3v) is 11.8. The fourth-order valence-electron chi connectivity index (χ4n) is 9.50. The second-order valence-corrected chi connectivity index (χ2v) is 14.9. The van der Waals surface area contributed by atoms with Crippen molar-refractivity contribution in [1.82, 2.24) is 13.7 Å². The van der Waals surface area contributed by atoms with Crippen LogP contribution in [0.5, 0.6) is 0 Å². The first-order valence-corrected chi connectivity index (χ1v) is 19.6. The Morgan fingerprint density at radius 1 is 0.263 bits per heavy atom. The SMILES string of the molecule is c1ccc(-c2cccc(-n3c4ccccc4c4c5c6ccccc6n(-c6ccccc6)c5ccc43)c2-c2ccc3c(c2)c2ccccc2n3-c2ccccc2)cc1. The summed E-state index contributed by atoms with van der Waals surface area (Å²) in [6, 6.07) is 77.4. The maximum absolute atomic E-state index is 2.51. The van der Waals surface area contributed by atoms with Crippen molar-refractivity contribution < 1.29 is 0 Å². The smallest absolute Gasteiger partial charge is 0.0549 e. The van der Waals surface area contributed by atoms with Crippen LogP contribution in [-0.4, -0.2) is 13.7 Å². The van der Waals surface area contributed by atoms with Gasteiger partial charge in [-0.3, -0.25) is 0 Å². The molecule has 0 atom stereocenters. The van der Waals surface area contributed by atoms with E-state index in [0.717, 1.165) is 17.1 Å². The summed E-state index contributed by atoms with van der Waals surface area (Å²) >= 11 is 0. The zero-order valence-corrected chi connectivity index (χ0v) is 31.0. The summed E-state index contributed by atoms with van der Waals surface area (Å²) in [7, 11) is 0. The maximum atomic E-state index is 2.51. The highest BCUT2D eigenvalue weighted by Gasteiger charge is 2.23. The molecular formula is C54H35N3. The Labute approximate surface area is 329 Å². The maximum Gasteiger partial charge on any atom is 0.0549 e. The second-order valence-electron chi connectivity index (χ2n) is 14.9. The van der Waals surface area contributed by atoms with Crippen LogP contribution in [0, 0.1) is 0 Å². The second kappa shape index (κ2) is 12.5. The lowest BCUT2D eigenvalue weighted by Crippen LogP contribution is -1.99. The van der Waals surface area contributed by atoms with Gasteiger partial charge in [0.1, 0.15) is 0 Å². The van der Waals surface area contributed by atoms with Gasteiger partial charge < -0.3 is 13.7 Å². The Hall–Kier alpha value is -7.62. The average Bonchev–Trinajstić information content (AvgIpc) is 3.92. The van der Waals surface area contributed by atoms with Crippen LogP contribution in [0.15, 0.2) is 212 Å². The predicted octanol–water partition coefficient (Wildman–Crippen LogP) is 14.3. The Bertz CT molecular complexity index is 3500. The lowest BCUT2D eigenvalue weighted by molar-refractivity contribution is 1.17. The van der Waals surface area contributed by atoms with Crippen molar-refractivity contribution in [3.8, 4) is 39.3 Å². The van der Waals surface area contributed by atoms with Gasteiger partial charge in [-0.05, 0) is 89.5 Å². The molecule has 0 N–H and O–H groups in total. The Balaban J connectivity index is 1.20. The van der Waals surface area contributed by atoms with Crippen LogP contribution in [0.4, 0.5) is 0 Å². The molecule has 0 aliphatic heterocycles. The van der Waals surface area contributed by atoms with Gasteiger partial charge in [0.15, 0.2) is 0 Å². The quantitative estimate of drug-likeness (QED) is 0.168. The van der Waals surface area contributed by atoms with E-state index in [1.165, 1.54) is 87.7 Å². The van der Waals surface area contributed by atoms with E-state index >= 15 is 0 Å². The minimum atomic E-state index is 1.15. The first kappa shape index (κ1) is 31.7. The molecule has 0 aliphatic rings. The highest BCUT2D eigenvalue weighted by atomic mass is 15.0. The number of nitrogens with zero attached hydrogens (tertiary/aromatic N) is 3. The van der Waals surface area contributed by atoms with E-state index in [1.54, 1.807) is 0 Å². The molecule has 9 aromatic carbocycles. The van der Waals surface area contributed by atoms with Gasteiger partial charge in [0.25, 0.3) is 0 Å². The number of rotatable bonds is 5. The molecule has 0 radical (unpaired) electrons. The number of hydrogen-bond donors (Lipinski definition) is 0. The topological polar surface area (TPSA) is 14.8 Å². The molecule has 12 rings (SSSR count). The molecule has 0 saturated heterocycles. The molecule has 0 bridgehead atoms. The summed E-state index contributed by atoms with van der Waals surface area (Å²) in [5, 5.41) is 7.52. The summed E-state index contributed by atoms with van der Waals surface area (Å²) in [5.41, 5.74) is 15.4. The third-order valence-electron chi connectivity index (χ3n) is 11.8. The zero-order valence-electron chi connectivity index (χ0n) is 31.0. The van der Waals surface area contributed by atoms with E-state index in [2.05, 4.69) is 226 Å². The van der Waals surface area contributed by atoms with Gasteiger partial charge in [-0.25, -0.2) is 0 Å². The van der Waals surface area contributed by atoms with Crippen molar-refractivity contribution in [3.05, 3.63) is 212 Å². The van der Waals surface area contributed by atoms with Gasteiger partial charge in [-0.2, -0.15) is 0 Å². The van der Waals surface area contributed by atoms with Crippen LogP contribution in [-0.2, 0) is 0 Å². The predicted molar refractivity (Wildman–Crippen MR) is 240 cm³/mol. The van der Waals surface area contributed by atoms with E-state index < -0.39 is 0 Å². The lowest BCUT2D eigenvalue weighted by Gasteiger charge is -2.19. The molecule has 0 saturated carbocycles. The number of fused-ring (bicyclic) bond motifs is 10. The molecule has 3 aromatic heterocycles. The van der Waals surface area contributed by atoms with Crippen molar-refractivity contribution in [1.29, 1.82) is 0 Å². The van der Waals surface area contributed by atoms with Crippen LogP contribution in [0.2, 0.25) is 0 Å². The van der Waals surface area contributed by atoms with Crippen molar-refractivity contribution in [2.75, 3.05) is 0 Å². The van der Waals surface area contributed by atoms with Crippen LogP contribution in [0.3, 0.4) is 0 Å². The number of aromatic nitrogens is 3. The minimum absolute atomic E-state index is 1.15. The molecule has 12 aromatic rings. The van der Waals surface area contributed by atoms with Crippen LogP contribution in [0.1, 0.15) is 0 Å². The van der Waals surface area contributed by atoms with Gasteiger partial charge in [-0.1, -0.05) is 140 Å². The number of hydrogen-bond acceptors (Lipinski definition) is 0. The normalized spacial score (nSPS) is 11.9. The molecule has 3 heteroatoms. The number of benzene rings is 9. The fourth-order valence-corrected chi connectivity index (χ4v) is 9.50. The van der Waals surface area contributed by atoms with Gasteiger partial charge in [0.05, 0.1) is 38.8 Å². The van der Waals surface area contributed by atoms with E-state index in [1.807, 2.05) is 0 Å². The Morgan fingerprint density at radius 2 is 0.719 bits per heavy atom. The fraction of sp³-hybridized carbons (Fsp3) is 0. The third kappa shape index (κ3) is 4.66. The minimum Gasteiger partial charge on any atom is -0.309 e. The van der Waals surface area contributed by atoms with E-state index in [9.17, 15) is 0 Å². The molecule has 0 amide bonds. The first-order valence-electron chi connectivity index (χ1n) is 19.6. The van der Waals surface area contributed by atoms with Crippen molar-refractivity contribution in [3.63, 3.8) is 0 Å². The number of para-hydroxylation sites is 5. The molecule has 3 heterocycles. The van der Waals surface area contributed by atoms with Gasteiger partial charge in [-0.15, -0.1) is 0 Å². The van der Waals surface area contributed by atoms with Crippen molar-refractivity contribution >= 4 is 65.4 Å². The molecule has 57 heavy (non-hydrogen) atoms. The van der Waals surface area contributed by atoms with E-state index in [0.29, 0.717) is 0 Å². The Morgan fingerprint density at radius 3 is 1.35 bits per heavy atom. The zero-order chi connectivity index (χ0) is 37.5. The van der Waals surface area contributed by atoms with E-state index in [4.69, 9.17) is 0 Å². The lowest BCUT2D eigenvalue weighted by atomic mass is 9.92. The summed E-state index contributed by atoms with van der Waals surface area (Å²) in [5.74, 6) is 0. The Kier molecular flexibility index (Phi) is 6.93. The molecule has 0 spiro atoms. The summed E-state index contributed by atoms with van der Waals surface area (Å²) in [6.07, 6.45) is 0. The standard InChI is InChI=1S/C54H35N3/c1-4-17-36(18-5-1)40-26-16-30-49(52(40)37-31-32-48-44(35-37)41-23-10-13-27-45(41)55(48)38-19-6-2-7-20-38)57-47-29-15-12-25-43(47)54-51(57)34-33-50-53(54)42-24-11-14-28-46(42)56(50)39-21-8-3-9-22-39/h1-35H. The summed E-state index contributed by atoms with van der Waals surface area (Å²) in [4.78, 5) is 0. The van der Waals surface area contributed by atoms with Crippen LogP contribution < -0.4 is 0 Å². The highest BCUT2D eigenvalue weighted by Crippen LogP contribution is 2.46. The molecule has 3 nitrogen and oxygen atoms in total. The monoisotopic (exact) mass is 725 g/mol. The molecular weight excluding hydrogens is 691 g/mol. The van der Waals surface area contributed by atoms with Gasteiger partial charge >= 0.3 is 0 Å². The van der Waals surface area contributed by atoms with Gasteiger partial charge in [0.2, 0.25) is 0 Å². The molecule has 0 unspecified atom stereocenters. The molecule has 0 fully saturated rings.